The van der Waals surface area contributed by atoms with Gasteiger partial charge in [-0.2, -0.15) is 0 Å². The van der Waals surface area contributed by atoms with E-state index in [0.717, 1.165) is 35.8 Å². The second-order valence-corrected chi connectivity index (χ2v) is 7.87. The monoisotopic (exact) mass is 557 g/mol. The van der Waals surface area contributed by atoms with E-state index in [1.807, 2.05) is 48.7 Å². The molecule has 7 nitrogen and oxygen atoms in total. The van der Waals surface area contributed by atoms with Crippen molar-refractivity contribution in [3.8, 4) is 0 Å². The minimum atomic E-state index is -0.0333. The van der Waals surface area contributed by atoms with Crippen LogP contribution in [-0.2, 0) is 6.42 Å². The van der Waals surface area contributed by atoms with E-state index in [1.54, 1.807) is 19.0 Å². The Balaban J connectivity index is 0.00000480. The molecule has 0 aliphatic carbocycles. The molecule has 0 unspecified atom stereocenters. The van der Waals surface area contributed by atoms with Crippen molar-refractivity contribution in [2.24, 2.45) is 4.99 Å². The Morgan fingerprint density at radius 3 is 2.55 bits per heavy atom. The van der Waals surface area contributed by atoms with Crippen molar-refractivity contribution in [1.82, 2.24) is 20.9 Å². The van der Waals surface area contributed by atoms with Crippen LogP contribution in [0, 0.1) is 0 Å². The highest BCUT2D eigenvalue weighted by molar-refractivity contribution is 14.0. The molecule has 0 saturated heterocycles. The number of guanidine groups is 1. The number of carbonyl (C=O) groups is 2. The van der Waals surface area contributed by atoms with Crippen LogP contribution < -0.4 is 16.0 Å². The summed E-state index contributed by atoms with van der Waals surface area (Å²) in [5.41, 5.74) is 1.80. The summed E-state index contributed by atoms with van der Waals surface area (Å²) in [5.74, 6) is 0.725. The Labute approximate surface area is 205 Å². The van der Waals surface area contributed by atoms with E-state index in [4.69, 9.17) is 0 Å². The lowest BCUT2D eigenvalue weighted by atomic mass is 10.1. The van der Waals surface area contributed by atoms with Crippen LogP contribution in [0.5, 0.6) is 0 Å². The fourth-order valence-electron chi connectivity index (χ4n) is 2.75. The van der Waals surface area contributed by atoms with Gasteiger partial charge in [0.25, 0.3) is 11.8 Å². The zero-order chi connectivity index (χ0) is 21.8. The molecule has 0 bridgehead atoms. The summed E-state index contributed by atoms with van der Waals surface area (Å²) in [6.07, 6.45) is 1.55. The van der Waals surface area contributed by atoms with Gasteiger partial charge in [-0.05, 0) is 48.9 Å². The number of hydrogen-bond donors (Lipinski definition) is 3. The van der Waals surface area contributed by atoms with Gasteiger partial charge >= 0.3 is 0 Å². The highest BCUT2D eigenvalue weighted by atomic mass is 127. The van der Waals surface area contributed by atoms with Crippen LogP contribution in [0.4, 0.5) is 0 Å². The Morgan fingerprint density at radius 2 is 1.87 bits per heavy atom. The van der Waals surface area contributed by atoms with Crippen LogP contribution in [0.1, 0.15) is 38.9 Å². The zero-order valence-corrected chi connectivity index (χ0v) is 21.5. The number of amides is 2. The van der Waals surface area contributed by atoms with Crippen LogP contribution in [0.15, 0.2) is 46.8 Å². The standard InChI is InChI=1S/C22H31N5O2S.HI/c1-4-23-22(25-13-7-12-24-20(28)19-10-6-15-30-19)26-14-11-17-8-5-9-18(16-17)21(29)27(2)3;/h5-6,8-10,15-16H,4,7,11-14H2,1-3H3,(H,24,28)(H2,23,25,26);1H. The molecule has 2 amide bonds. The maximum Gasteiger partial charge on any atom is 0.261 e. The molecule has 1 aromatic carbocycles. The largest absolute Gasteiger partial charge is 0.357 e. The molecule has 1 heterocycles. The van der Waals surface area contributed by atoms with Gasteiger partial charge in [0.15, 0.2) is 5.96 Å². The molecule has 9 heteroatoms. The number of halogens is 1. The molecular weight excluding hydrogens is 525 g/mol. The van der Waals surface area contributed by atoms with E-state index in [9.17, 15) is 9.59 Å². The first-order chi connectivity index (χ1) is 14.5. The summed E-state index contributed by atoms with van der Waals surface area (Å²) in [6.45, 7) is 4.71. The van der Waals surface area contributed by atoms with Gasteiger partial charge < -0.3 is 20.9 Å². The molecule has 0 aliphatic rings. The number of hydrogen-bond acceptors (Lipinski definition) is 4. The van der Waals surface area contributed by atoms with E-state index >= 15 is 0 Å². The summed E-state index contributed by atoms with van der Waals surface area (Å²) in [4.78, 5) is 30.9. The van der Waals surface area contributed by atoms with Crippen LogP contribution in [0.2, 0.25) is 0 Å². The van der Waals surface area contributed by atoms with E-state index in [1.165, 1.54) is 11.3 Å². The normalized spacial score (nSPS) is 10.7. The highest BCUT2D eigenvalue weighted by Crippen LogP contribution is 2.08. The van der Waals surface area contributed by atoms with Gasteiger partial charge in [0.2, 0.25) is 0 Å². The van der Waals surface area contributed by atoms with Crippen LogP contribution in [0.25, 0.3) is 0 Å². The first-order valence-corrected chi connectivity index (χ1v) is 11.0. The molecule has 1 aromatic heterocycles. The van der Waals surface area contributed by atoms with Gasteiger partial charge in [-0.3, -0.25) is 14.6 Å². The van der Waals surface area contributed by atoms with Crippen molar-refractivity contribution in [2.75, 3.05) is 40.3 Å². The quantitative estimate of drug-likeness (QED) is 0.182. The third-order valence-corrected chi connectivity index (χ3v) is 5.13. The maximum atomic E-state index is 12.1. The lowest BCUT2D eigenvalue weighted by Crippen LogP contribution is -2.38. The highest BCUT2D eigenvalue weighted by Gasteiger charge is 2.08. The molecule has 2 aromatic rings. The number of benzene rings is 1. The maximum absolute atomic E-state index is 12.1. The predicted molar refractivity (Wildman–Crippen MR) is 139 cm³/mol. The molecule has 0 atom stereocenters. The lowest BCUT2D eigenvalue weighted by molar-refractivity contribution is 0.0827. The predicted octanol–water partition coefficient (Wildman–Crippen LogP) is 2.99. The van der Waals surface area contributed by atoms with Crippen LogP contribution in [-0.4, -0.2) is 62.9 Å². The third-order valence-electron chi connectivity index (χ3n) is 4.27. The van der Waals surface area contributed by atoms with Crippen molar-refractivity contribution in [3.63, 3.8) is 0 Å². The molecule has 0 radical (unpaired) electrons. The minimum absolute atomic E-state index is 0. The Kier molecular flexibility index (Phi) is 12.8. The van der Waals surface area contributed by atoms with Gasteiger partial charge in [-0.15, -0.1) is 35.3 Å². The average molecular weight is 558 g/mol. The zero-order valence-electron chi connectivity index (χ0n) is 18.3. The summed E-state index contributed by atoms with van der Waals surface area (Å²) in [7, 11) is 3.51. The Hall–Kier alpha value is -2.14. The molecule has 0 aliphatic heterocycles. The first kappa shape index (κ1) is 26.9. The molecule has 170 valence electrons. The van der Waals surface area contributed by atoms with Crippen molar-refractivity contribution < 1.29 is 9.59 Å². The number of nitrogens with one attached hydrogen (secondary N) is 3. The van der Waals surface area contributed by atoms with Crippen LogP contribution in [0.3, 0.4) is 0 Å². The van der Waals surface area contributed by atoms with E-state index in [2.05, 4.69) is 20.9 Å². The topological polar surface area (TPSA) is 85.8 Å². The van der Waals surface area contributed by atoms with E-state index < -0.39 is 0 Å². The number of nitrogens with zero attached hydrogens (tertiary/aromatic N) is 2. The molecular formula is C22H32IN5O2S. The lowest BCUT2D eigenvalue weighted by Gasteiger charge is -2.13. The fourth-order valence-corrected chi connectivity index (χ4v) is 3.39. The van der Waals surface area contributed by atoms with Crippen molar-refractivity contribution in [1.29, 1.82) is 0 Å². The van der Waals surface area contributed by atoms with Crippen molar-refractivity contribution in [2.45, 2.75) is 19.8 Å². The van der Waals surface area contributed by atoms with Crippen LogP contribution >= 0.6 is 35.3 Å². The summed E-state index contributed by atoms with van der Waals surface area (Å²) >= 11 is 1.44. The summed E-state index contributed by atoms with van der Waals surface area (Å²) < 4.78 is 0. The van der Waals surface area contributed by atoms with E-state index in [-0.39, 0.29) is 35.8 Å². The number of thiophene rings is 1. The van der Waals surface area contributed by atoms with Gasteiger partial charge in [-0.25, -0.2) is 0 Å². The van der Waals surface area contributed by atoms with Crippen molar-refractivity contribution in [3.05, 3.63) is 57.8 Å². The molecule has 0 saturated carbocycles. The number of aliphatic imine (C=N–C) groups is 1. The van der Waals surface area contributed by atoms with Gasteiger partial charge in [0, 0.05) is 45.8 Å². The smallest absolute Gasteiger partial charge is 0.261 e. The average Bonchev–Trinajstić information content (AvgIpc) is 3.28. The second kappa shape index (κ2) is 14.8. The third kappa shape index (κ3) is 9.69. The molecule has 2 rings (SSSR count). The fraction of sp³-hybridized carbons (Fsp3) is 0.409. The summed E-state index contributed by atoms with van der Waals surface area (Å²) in [5, 5.41) is 11.3. The molecule has 0 fully saturated rings. The van der Waals surface area contributed by atoms with Gasteiger partial charge in [0.1, 0.15) is 0 Å². The summed E-state index contributed by atoms with van der Waals surface area (Å²) in [6, 6.07) is 11.4. The van der Waals surface area contributed by atoms with Crippen molar-refractivity contribution >= 4 is 53.1 Å². The number of carbonyl (C=O) groups excluding carboxylic acids is 2. The molecule has 3 N–H and O–H groups in total. The Morgan fingerprint density at radius 1 is 1.06 bits per heavy atom. The first-order valence-electron chi connectivity index (χ1n) is 10.2. The Bertz CT molecular complexity index is 840. The van der Waals surface area contributed by atoms with Gasteiger partial charge in [-0.1, -0.05) is 18.2 Å². The minimum Gasteiger partial charge on any atom is -0.357 e. The molecule has 31 heavy (non-hydrogen) atoms. The number of rotatable bonds is 10. The van der Waals surface area contributed by atoms with E-state index in [0.29, 0.717) is 25.2 Å². The SMILES string of the molecule is CCNC(=NCCCNC(=O)c1cccs1)NCCc1cccc(C(=O)N(C)C)c1.I. The molecule has 0 spiro atoms. The van der Waals surface area contributed by atoms with Gasteiger partial charge in [0.05, 0.1) is 4.88 Å². The second-order valence-electron chi connectivity index (χ2n) is 6.92.